The minimum atomic E-state index is -0.422. The quantitative estimate of drug-likeness (QED) is 0.583. The fourth-order valence-corrected chi connectivity index (χ4v) is 2.70. The average Bonchev–Trinajstić information content (AvgIpc) is 2.92. The van der Waals surface area contributed by atoms with E-state index in [9.17, 15) is 14.4 Å². The summed E-state index contributed by atoms with van der Waals surface area (Å²) in [7, 11) is 0. The van der Waals surface area contributed by atoms with Gasteiger partial charge in [-0.15, -0.1) is 0 Å². The van der Waals surface area contributed by atoms with Gasteiger partial charge in [-0.2, -0.15) is 0 Å². The van der Waals surface area contributed by atoms with E-state index < -0.39 is 11.8 Å². The maximum atomic E-state index is 12.2. The van der Waals surface area contributed by atoms with Gasteiger partial charge in [-0.1, -0.05) is 11.6 Å². The molecule has 0 saturated carbocycles. The zero-order valence-corrected chi connectivity index (χ0v) is 10.6. The Hall–Kier alpha value is -1.95. The molecule has 2 saturated heterocycles. The molecule has 3 amide bonds. The van der Waals surface area contributed by atoms with Crippen molar-refractivity contribution in [3.63, 3.8) is 0 Å². The smallest absolute Gasteiger partial charge is 0.254 e. The van der Waals surface area contributed by atoms with Gasteiger partial charge in [-0.3, -0.25) is 19.7 Å². The Bertz CT molecular complexity index is 567. The molecule has 6 nitrogen and oxygen atoms in total. The summed E-state index contributed by atoms with van der Waals surface area (Å²) in [6.07, 6.45) is 1.45. The molecular formula is C12H10ClN3O3. The summed E-state index contributed by atoms with van der Waals surface area (Å²) in [6.45, 7) is 0.530. The van der Waals surface area contributed by atoms with Gasteiger partial charge in [0.25, 0.3) is 5.91 Å². The van der Waals surface area contributed by atoms with Crippen molar-refractivity contribution in [1.82, 2.24) is 15.2 Å². The van der Waals surface area contributed by atoms with E-state index in [-0.39, 0.29) is 36.0 Å². The molecule has 3 heterocycles. The van der Waals surface area contributed by atoms with Gasteiger partial charge in [0.15, 0.2) is 0 Å². The van der Waals surface area contributed by atoms with Crippen molar-refractivity contribution in [3.05, 3.63) is 29.0 Å². The van der Waals surface area contributed by atoms with Crippen LogP contribution in [0.25, 0.3) is 0 Å². The molecule has 98 valence electrons. The van der Waals surface area contributed by atoms with Gasteiger partial charge < -0.3 is 4.90 Å². The van der Waals surface area contributed by atoms with E-state index in [1.165, 1.54) is 17.2 Å². The SMILES string of the molecule is O=C1NC(=O)[C@@H]2CN(C(=O)c3ccnc(Cl)c3)C[C@H]12. The molecular weight excluding hydrogens is 270 g/mol. The Balaban J connectivity index is 1.80. The number of likely N-dealkylation sites (tertiary alicyclic amines) is 1. The Morgan fingerprint density at radius 1 is 1.32 bits per heavy atom. The first-order valence-corrected chi connectivity index (χ1v) is 6.19. The number of aromatic nitrogens is 1. The summed E-state index contributed by atoms with van der Waals surface area (Å²) in [5.41, 5.74) is 0.410. The Labute approximate surface area is 113 Å². The number of nitrogens with one attached hydrogen (secondary N) is 1. The summed E-state index contributed by atoms with van der Waals surface area (Å²) < 4.78 is 0. The molecule has 7 heteroatoms. The molecule has 3 rings (SSSR count). The lowest BCUT2D eigenvalue weighted by Gasteiger charge is -2.17. The summed E-state index contributed by atoms with van der Waals surface area (Å²) >= 11 is 5.74. The third-order valence-electron chi connectivity index (χ3n) is 3.50. The number of hydrogen-bond acceptors (Lipinski definition) is 4. The van der Waals surface area contributed by atoms with Crippen LogP contribution >= 0.6 is 11.6 Å². The van der Waals surface area contributed by atoms with Gasteiger partial charge in [0.2, 0.25) is 11.8 Å². The molecule has 19 heavy (non-hydrogen) atoms. The third kappa shape index (κ3) is 1.98. The molecule has 0 bridgehead atoms. The first kappa shape index (κ1) is 12.1. The highest BCUT2D eigenvalue weighted by atomic mass is 35.5. The first-order chi connectivity index (χ1) is 9.06. The van der Waals surface area contributed by atoms with Crippen LogP contribution < -0.4 is 5.32 Å². The second-order valence-corrected chi connectivity index (χ2v) is 5.03. The molecule has 2 fully saturated rings. The summed E-state index contributed by atoms with van der Waals surface area (Å²) in [6, 6.07) is 3.03. The predicted octanol–water partition coefficient (Wildman–Crippen LogP) is 0.0796. The van der Waals surface area contributed by atoms with Crippen molar-refractivity contribution < 1.29 is 14.4 Å². The summed E-state index contributed by atoms with van der Waals surface area (Å²) in [5.74, 6) is -1.67. The monoisotopic (exact) mass is 279 g/mol. The van der Waals surface area contributed by atoms with Gasteiger partial charge in [-0.25, -0.2) is 4.98 Å². The number of carbonyl (C=O) groups is 3. The number of pyridine rings is 1. The zero-order chi connectivity index (χ0) is 13.6. The number of halogens is 1. The average molecular weight is 280 g/mol. The van der Waals surface area contributed by atoms with Crippen molar-refractivity contribution >= 4 is 29.3 Å². The number of fused-ring (bicyclic) bond motifs is 1. The van der Waals surface area contributed by atoms with E-state index in [0.717, 1.165) is 0 Å². The van der Waals surface area contributed by atoms with Crippen LogP contribution in [0.5, 0.6) is 0 Å². The van der Waals surface area contributed by atoms with Crippen LogP contribution in [0.2, 0.25) is 5.15 Å². The van der Waals surface area contributed by atoms with E-state index in [1.54, 1.807) is 6.07 Å². The van der Waals surface area contributed by atoms with Crippen molar-refractivity contribution in [2.75, 3.05) is 13.1 Å². The second kappa shape index (κ2) is 4.31. The maximum Gasteiger partial charge on any atom is 0.254 e. The number of carbonyl (C=O) groups excluding carboxylic acids is 3. The van der Waals surface area contributed by atoms with E-state index in [4.69, 9.17) is 11.6 Å². The lowest BCUT2D eigenvalue weighted by molar-refractivity contribution is -0.126. The highest BCUT2D eigenvalue weighted by molar-refractivity contribution is 6.29. The van der Waals surface area contributed by atoms with Crippen LogP contribution in [0.15, 0.2) is 18.3 Å². The fourth-order valence-electron chi connectivity index (χ4n) is 2.53. The predicted molar refractivity (Wildman–Crippen MR) is 65.3 cm³/mol. The summed E-state index contributed by atoms with van der Waals surface area (Å²) in [5, 5.41) is 2.52. The molecule has 1 aromatic heterocycles. The molecule has 1 aromatic rings. The van der Waals surface area contributed by atoms with Gasteiger partial charge in [0.1, 0.15) is 5.15 Å². The van der Waals surface area contributed by atoms with Crippen molar-refractivity contribution in [2.24, 2.45) is 11.8 Å². The second-order valence-electron chi connectivity index (χ2n) is 4.64. The number of rotatable bonds is 1. The van der Waals surface area contributed by atoms with Gasteiger partial charge in [-0.05, 0) is 12.1 Å². The lowest BCUT2D eigenvalue weighted by atomic mass is 10.00. The van der Waals surface area contributed by atoms with Crippen LogP contribution in [0.3, 0.4) is 0 Å². The van der Waals surface area contributed by atoms with E-state index in [1.807, 2.05) is 0 Å². The van der Waals surface area contributed by atoms with E-state index in [2.05, 4.69) is 10.3 Å². The molecule has 2 aliphatic rings. The van der Waals surface area contributed by atoms with Crippen LogP contribution in [0.1, 0.15) is 10.4 Å². The van der Waals surface area contributed by atoms with E-state index >= 15 is 0 Å². The topological polar surface area (TPSA) is 79.4 Å². The van der Waals surface area contributed by atoms with Crippen molar-refractivity contribution in [3.8, 4) is 0 Å². The standard InChI is InChI=1S/C12H10ClN3O3/c13-9-3-6(1-2-14-9)12(19)16-4-7-8(5-16)11(18)15-10(7)17/h1-3,7-8H,4-5H2,(H,15,17,18)/t7-,8+. The van der Waals surface area contributed by atoms with Crippen molar-refractivity contribution in [1.29, 1.82) is 0 Å². The van der Waals surface area contributed by atoms with Crippen LogP contribution in [-0.2, 0) is 9.59 Å². The van der Waals surface area contributed by atoms with Crippen LogP contribution in [0.4, 0.5) is 0 Å². The highest BCUT2D eigenvalue weighted by Gasteiger charge is 2.48. The molecule has 2 atom stereocenters. The molecule has 2 aliphatic heterocycles. The Morgan fingerprint density at radius 2 is 1.95 bits per heavy atom. The van der Waals surface area contributed by atoms with Crippen LogP contribution in [0, 0.1) is 11.8 Å². The largest absolute Gasteiger partial charge is 0.337 e. The maximum absolute atomic E-state index is 12.2. The normalized spacial score (nSPS) is 25.4. The third-order valence-corrected chi connectivity index (χ3v) is 3.71. The number of nitrogens with zero attached hydrogens (tertiary/aromatic N) is 2. The van der Waals surface area contributed by atoms with Crippen molar-refractivity contribution in [2.45, 2.75) is 0 Å². The number of imide groups is 1. The minimum Gasteiger partial charge on any atom is -0.337 e. The Kier molecular flexibility index (Phi) is 2.74. The van der Waals surface area contributed by atoms with Gasteiger partial charge >= 0.3 is 0 Å². The highest BCUT2D eigenvalue weighted by Crippen LogP contribution is 2.29. The van der Waals surface area contributed by atoms with Gasteiger partial charge in [0, 0.05) is 24.8 Å². The minimum absolute atomic E-state index is 0.235. The van der Waals surface area contributed by atoms with E-state index in [0.29, 0.717) is 5.56 Å². The molecule has 0 spiro atoms. The molecule has 0 unspecified atom stereocenters. The summed E-state index contributed by atoms with van der Waals surface area (Å²) in [4.78, 5) is 40.6. The molecule has 0 radical (unpaired) electrons. The lowest BCUT2D eigenvalue weighted by Crippen LogP contribution is -2.35. The molecule has 0 aliphatic carbocycles. The Morgan fingerprint density at radius 3 is 2.53 bits per heavy atom. The molecule has 1 N–H and O–H groups in total. The first-order valence-electron chi connectivity index (χ1n) is 5.82. The number of amides is 3. The fraction of sp³-hybridized carbons (Fsp3) is 0.333. The zero-order valence-electron chi connectivity index (χ0n) is 9.80. The number of hydrogen-bond donors (Lipinski definition) is 1. The molecule has 0 aromatic carbocycles. The van der Waals surface area contributed by atoms with Gasteiger partial charge in [0.05, 0.1) is 11.8 Å². The van der Waals surface area contributed by atoms with Crippen LogP contribution in [-0.4, -0.2) is 40.7 Å².